The van der Waals surface area contributed by atoms with Gasteiger partial charge in [0.1, 0.15) is 11.1 Å². The maximum atomic E-state index is 12.5. The van der Waals surface area contributed by atoms with Crippen molar-refractivity contribution in [3.05, 3.63) is 71.0 Å². The predicted octanol–water partition coefficient (Wildman–Crippen LogP) is 3.65. The average molecular weight is 409 g/mol. The number of furan rings is 1. The maximum Gasteiger partial charge on any atom is 0.341 e. The monoisotopic (exact) mass is 409 g/mol. The summed E-state index contributed by atoms with van der Waals surface area (Å²) in [6.45, 7) is 1.41. The number of esters is 1. The van der Waals surface area contributed by atoms with E-state index in [4.69, 9.17) is 14.4 Å². The van der Waals surface area contributed by atoms with Crippen molar-refractivity contribution in [1.82, 2.24) is 0 Å². The van der Waals surface area contributed by atoms with Crippen molar-refractivity contribution >= 4 is 39.8 Å². The van der Waals surface area contributed by atoms with E-state index in [1.165, 1.54) is 42.7 Å². The van der Waals surface area contributed by atoms with Crippen LogP contribution in [0.1, 0.15) is 33.4 Å². The number of nitrogens with one attached hydrogen (secondary N) is 2. The Balaban J connectivity index is 1.68. The molecule has 0 saturated heterocycles. The van der Waals surface area contributed by atoms with Crippen molar-refractivity contribution < 1.29 is 23.5 Å². The quantitative estimate of drug-likeness (QED) is 0.600. The molecule has 0 fully saturated rings. The molecule has 29 heavy (non-hydrogen) atoms. The fraction of sp³-hybridized carbons (Fsp3) is 0.100. The second-order valence-electron chi connectivity index (χ2n) is 5.79. The van der Waals surface area contributed by atoms with Gasteiger partial charge in [0.2, 0.25) is 0 Å². The van der Waals surface area contributed by atoms with Crippen LogP contribution in [0, 0.1) is 11.3 Å². The number of ether oxygens (including phenoxy) is 1. The van der Waals surface area contributed by atoms with Crippen molar-refractivity contribution in [3.8, 4) is 6.07 Å². The van der Waals surface area contributed by atoms with E-state index in [9.17, 15) is 14.4 Å². The normalized spacial score (nSPS) is 11.2. The van der Waals surface area contributed by atoms with Crippen LogP contribution in [0.15, 0.2) is 58.5 Å². The molecule has 1 atom stereocenters. The first kappa shape index (κ1) is 19.9. The number of nitriles is 1. The van der Waals surface area contributed by atoms with Gasteiger partial charge in [0.15, 0.2) is 11.9 Å². The number of rotatable bonds is 6. The number of nitrogens with zero attached hydrogens (tertiary/aromatic N) is 1. The second-order valence-corrected chi connectivity index (χ2v) is 6.71. The molecule has 0 unspecified atom stereocenters. The summed E-state index contributed by atoms with van der Waals surface area (Å²) in [5.41, 5.74) is 0.630. The van der Waals surface area contributed by atoms with Crippen LogP contribution in [0.2, 0.25) is 0 Å². The third kappa shape index (κ3) is 4.69. The van der Waals surface area contributed by atoms with Gasteiger partial charge < -0.3 is 19.8 Å². The lowest BCUT2D eigenvalue weighted by molar-refractivity contribution is -0.123. The Labute approximate surface area is 169 Å². The van der Waals surface area contributed by atoms with Crippen LogP contribution in [0.25, 0.3) is 0 Å². The Morgan fingerprint density at radius 1 is 1.14 bits per heavy atom. The number of para-hydroxylation sites is 1. The minimum Gasteiger partial charge on any atom is -0.459 e. The zero-order valence-electron chi connectivity index (χ0n) is 15.2. The van der Waals surface area contributed by atoms with E-state index in [0.29, 0.717) is 10.6 Å². The van der Waals surface area contributed by atoms with Crippen molar-refractivity contribution in [1.29, 1.82) is 5.26 Å². The minimum atomic E-state index is -1.12. The van der Waals surface area contributed by atoms with Crippen LogP contribution >= 0.6 is 11.3 Å². The Kier molecular flexibility index (Phi) is 6.06. The summed E-state index contributed by atoms with van der Waals surface area (Å²) in [5.74, 6) is -1.79. The lowest BCUT2D eigenvalue weighted by atomic mass is 10.1. The van der Waals surface area contributed by atoms with Gasteiger partial charge in [-0.2, -0.15) is 5.26 Å². The molecule has 0 aliphatic heterocycles. The predicted molar refractivity (Wildman–Crippen MR) is 106 cm³/mol. The molecule has 8 nitrogen and oxygen atoms in total. The fourth-order valence-electron chi connectivity index (χ4n) is 2.35. The molecule has 0 aliphatic rings. The molecular formula is C20H15N3O5S. The molecule has 2 heterocycles. The number of anilines is 2. The molecule has 0 saturated carbocycles. The van der Waals surface area contributed by atoms with Crippen LogP contribution in [0.4, 0.5) is 10.7 Å². The van der Waals surface area contributed by atoms with Crippen molar-refractivity contribution in [3.63, 3.8) is 0 Å². The highest BCUT2D eigenvalue weighted by Gasteiger charge is 2.23. The van der Waals surface area contributed by atoms with Gasteiger partial charge >= 0.3 is 5.97 Å². The Morgan fingerprint density at radius 2 is 1.93 bits per heavy atom. The first-order valence-corrected chi connectivity index (χ1v) is 9.31. The van der Waals surface area contributed by atoms with E-state index in [1.54, 1.807) is 29.6 Å². The lowest BCUT2D eigenvalue weighted by Gasteiger charge is -2.15. The molecule has 146 valence electrons. The van der Waals surface area contributed by atoms with E-state index in [0.717, 1.165) is 0 Å². The summed E-state index contributed by atoms with van der Waals surface area (Å²) >= 11 is 1.19. The summed E-state index contributed by atoms with van der Waals surface area (Å²) in [7, 11) is 0. The summed E-state index contributed by atoms with van der Waals surface area (Å²) in [5, 5.41) is 16.2. The third-order valence-corrected chi connectivity index (χ3v) is 4.65. The first-order chi connectivity index (χ1) is 14.0. The summed E-state index contributed by atoms with van der Waals surface area (Å²) in [4.78, 5) is 37.0. The molecule has 9 heteroatoms. The van der Waals surface area contributed by atoms with Gasteiger partial charge in [0, 0.05) is 0 Å². The zero-order chi connectivity index (χ0) is 20.8. The first-order valence-electron chi connectivity index (χ1n) is 8.43. The maximum absolute atomic E-state index is 12.5. The SMILES string of the molecule is C[C@H](OC(=O)c1ccccc1NC(=O)c1ccco1)C(=O)Nc1sccc1C#N. The molecule has 0 radical (unpaired) electrons. The van der Waals surface area contributed by atoms with Crippen LogP contribution in [-0.2, 0) is 9.53 Å². The Bertz CT molecular complexity index is 1080. The van der Waals surface area contributed by atoms with Gasteiger partial charge in [0.05, 0.1) is 23.1 Å². The molecule has 2 aromatic heterocycles. The highest BCUT2D eigenvalue weighted by atomic mass is 32.1. The number of hydrogen-bond acceptors (Lipinski definition) is 7. The fourth-order valence-corrected chi connectivity index (χ4v) is 3.09. The average Bonchev–Trinajstić information content (AvgIpc) is 3.40. The van der Waals surface area contributed by atoms with Crippen LogP contribution in [0.3, 0.4) is 0 Å². The van der Waals surface area contributed by atoms with E-state index in [2.05, 4.69) is 10.6 Å². The molecule has 3 aromatic rings. The Morgan fingerprint density at radius 3 is 2.66 bits per heavy atom. The molecule has 1 aromatic carbocycles. The molecular weight excluding hydrogens is 394 g/mol. The standard InChI is InChI=1S/C20H15N3O5S/c1-12(17(24)23-19-13(11-21)8-10-29-19)28-20(26)14-5-2-3-6-15(14)22-18(25)16-7-4-9-27-16/h2-10,12H,1H3,(H,22,25)(H,23,24)/t12-/m0/s1. The van der Waals surface area contributed by atoms with E-state index in [1.807, 2.05) is 6.07 Å². The number of benzene rings is 1. The molecule has 2 amide bonds. The smallest absolute Gasteiger partial charge is 0.341 e. The third-order valence-electron chi connectivity index (χ3n) is 3.82. The largest absolute Gasteiger partial charge is 0.459 e. The van der Waals surface area contributed by atoms with E-state index >= 15 is 0 Å². The number of hydrogen-bond donors (Lipinski definition) is 2. The van der Waals surface area contributed by atoms with E-state index in [-0.39, 0.29) is 17.0 Å². The van der Waals surface area contributed by atoms with Crippen LogP contribution in [-0.4, -0.2) is 23.9 Å². The number of carbonyl (C=O) groups is 3. The molecule has 2 N–H and O–H groups in total. The van der Waals surface area contributed by atoms with Crippen LogP contribution in [0.5, 0.6) is 0 Å². The minimum absolute atomic E-state index is 0.0842. The van der Waals surface area contributed by atoms with Crippen molar-refractivity contribution in [2.75, 3.05) is 10.6 Å². The highest BCUT2D eigenvalue weighted by Crippen LogP contribution is 2.23. The van der Waals surface area contributed by atoms with E-state index < -0.39 is 23.9 Å². The van der Waals surface area contributed by atoms with Crippen molar-refractivity contribution in [2.24, 2.45) is 0 Å². The molecule has 0 bridgehead atoms. The molecule has 0 aliphatic carbocycles. The lowest BCUT2D eigenvalue weighted by Crippen LogP contribution is -2.30. The van der Waals surface area contributed by atoms with Gasteiger partial charge in [0.25, 0.3) is 11.8 Å². The summed E-state index contributed by atoms with van der Waals surface area (Å²) < 4.78 is 10.3. The molecule has 3 rings (SSSR count). The van der Waals surface area contributed by atoms with Crippen LogP contribution < -0.4 is 10.6 Å². The van der Waals surface area contributed by atoms with Gasteiger partial charge in [-0.05, 0) is 42.6 Å². The molecule has 0 spiro atoms. The summed E-state index contributed by atoms with van der Waals surface area (Å²) in [6, 6.07) is 12.9. The Hall–Kier alpha value is -3.90. The van der Waals surface area contributed by atoms with Gasteiger partial charge in [-0.3, -0.25) is 9.59 Å². The highest BCUT2D eigenvalue weighted by molar-refractivity contribution is 7.14. The number of amides is 2. The van der Waals surface area contributed by atoms with Crippen molar-refractivity contribution in [2.45, 2.75) is 13.0 Å². The van der Waals surface area contributed by atoms with Gasteiger partial charge in [-0.15, -0.1) is 11.3 Å². The number of thiophene rings is 1. The zero-order valence-corrected chi connectivity index (χ0v) is 16.0. The second kappa shape index (κ2) is 8.86. The topological polar surface area (TPSA) is 121 Å². The van der Waals surface area contributed by atoms with Gasteiger partial charge in [-0.25, -0.2) is 4.79 Å². The van der Waals surface area contributed by atoms with Gasteiger partial charge in [-0.1, -0.05) is 12.1 Å². The summed E-state index contributed by atoms with van der Waals surface area (Å²) in [6.07, 6.45) is 0.241. The number of carbonyl (C=O) groups excluding carboxylic acids is 3.